The van der Waals surface area contributed by atoms with Gasteiger partial charge in [0.25, 0.3) is 0 Å². The third-order valence-electron chi connectivity index (χ3n) is 4.36. The molecule has 1 fully saturated rings. The fourth-order valence-corrected chi connectivity index (χ4v) is 3.09. The second kappa shape index (κ2) is 8.65. The van der Waals surface area contributed by atoms with Gasteiger partial charge in [-0.25, -0.2) is 4.98 Å². The van der Waals surface area contributed by atoms with E-state index in [0.717, 1.165) is 30.7 Å². The first-order valence-corrected chi connectivity index (χ1v) is 9.10. The number of carbonyl (C=O) groups excluding carboxylic acids is 1. The van der Waals surface area contributed by atoms with E-state index in [4.69, 9.17) is 9.47 Å². The van der Waals surface area contributed by atoms with Gasteiger partial charge in [0.1, 0.15) is 17.7 Å². The lowest BCUT2D eigenvalue weighted by Crippen LogP contribution is -2.45. The molecular weight excluding hydrogens is 330 g/mol. The molecule has 0 radical (unpaired) electrons. The fraction of sp³-hybridized carbons (Fsp3) is 0.450. The monoisotopic (exact) mass is 355 g/mol. The van der Waals surface area contributed by atoms with Crippen molar-refractivity contribution in [2.24, 2.45) is 0 Å². The summed E-state index contributed by atoms with van der Waals surface area (Å²) >= 11 is 0. The van der Waals surface area contributed by atoms with E-state index in [1.54, 1.807) is 12.3 Å². The number of nitrogens with zero attached hydrogens (tertiary/aromatic N) is 3. The van der Waals surface area contributed by atoms with Gasteiger partial charge in [-0.1, -0.05) is 12.1 Å². The predicted molar refractivity (Wildman–Crippen MR) is 98.3 cm³/mol. The number of ether oxygens (including phenoxy) is 2. The van der Waals surface area contributed by atoms with Crippen LogP contribution >= 0.6 is 0 Å². The van der Waals surface area contributed by atoms with Crippen LogP contribution in [0.5, 0.6) is 11.6 Å². The van der Waals surface area contributed by atoms with Crippen molar-refractivity contribution in [3.8, 4) is 11.6 Å². The Morgan fingerprint density at radius 1 is 1.27 bits per heavy atom. The van der Waals surface area contributed by atoms with Crippen molar-refractivity contribution in [1.29, 1.82) is 0 Å². The van der Waals surface area contributed by atoms with Crippen LogP contribution < -0.4 is 9.47 Å². The zero-order valence-electron chi connectivity index (χ0n) is 15.4. The van der Waals surface area contributed by atoms with Gasteiger partial charge in [0.05, 0.1) is 19.6 Å². The zero-order valence-corrected chi connectivity index (χ0v) is 15.4. The second-order valence-electron chi connectivity index (χ2n) is 6.42. The summed E-state index contributed by atoms with van der Waals surface area (Å²) in [6.07, 6.45) is 3.92. The highest BCUT2D eigenvalue weighted by molar-refractivity contribution is 5.79. The van der Waals surface area contributed by atoms with Crippen molar-refractivity contribution in [2.75, 3.05) is 19.7 Å². The van der Waals surface area contributed by atoms with E-state index in [2.05, 4.69) is 9.97 Å². The molecular formula is C20H25N3O3. The number of rotatable bonds is 6. The number of piperidine rings is 1. The van der Waals surface area contributed by atoms with Gasteiger partial charge in [0.15, 0.2) is 0 Å². The van der Waals surface area contributed by atoms with Crippen LogP contribution in [-0.2, 0) is 11.2 Å². The molecule has 1 unspecified atom stereocenters. The van der Waals surface area contributed by atoms with E-state index in [1.165, 1.54) is 0 Å². The van der Waals surface area contributed by atoms with E-state index in [-0.39, 0.29) is 12.0 Å². The van der Waals surface area contributed by atoms with Gasteiger partial charge >= 0.3 is 0 Å². The molecule has 1 aliphatic rings. The van der Waals surface area contributed by atoms with E-state index in [9.17, 15) is 4.79 Å². The summed E-state index contributed by atoms with van der Waals surface area (Å²) in [7, 11) is 0. The molecule has 1 amide bonds. The maximum atomic E-state index is 12.6. The summed E-state index contributed by atoms with van der Waals surface area (Å²) in [5.74, 6) is 2.21. The largest absolute Gasteiger partial charge is 0.494 e. The third-order valence-corrected chi connectivity index (χ3v) is 4.36. The lowest BCUT2D eigenvalue weighted by Gasteiger charge is -2.32. The molecule has 1 aliphatic heterocycles. The first-order valence-electron chi connectivity index (χ1n) is 9.10. The maximum Gasteiger partial charge on any atom is 0.227 e. The van der Waals surface area contributed by atoms with Crippen molar-refractivity contribution in [2.45, 2.75) is 39.2 Å². The van der Waals surface area contributed by atoms with Gasteiger partial charge in [-0.3, -0.25) is 4.79 Å². The van der Waals surface area contributed by atoms with Crippen molar-refractivity contribution < 1.29 is 14.3 Å². The Hall–Kier alpha value is -2.63. The summed E-state index contributed by atoms with van der Waals surface area (Å²) < 4.78 is 11.4. The van der Waals surface area contributed by atoms with Crippen molar-refractivity contribution in [3.05, 3.63) is 47.9 Å². The summed E-state index contributed by atoms with van der Waals surface area (Å²) in [6, 6.07) is 9.47. The highest BCUT2D eigenvalue weighted by Crippen LogP contribution is 2.18. The molecule has 2 aromatic rings. The van der Waals surface area contributed by atoms with E-state index < -0.39 is 0 Å². The van der Waals surface area contributed by atoms with Gasteiger partial charge in [-0.2, -0.15) is 4.98 Å². The van der Waals surface area contributed by atoms with Crippen LogP contribution in [0.1, 0.15) is 31.2 Å². The number of benzene rings is 1. The molecule has 138 valence electrons. The molecule has 0 saturated carbocycles. The summed E-state index contributed by atoms with van der Waals surface area (Å²) in [5.41, 5.74) is 0.993. The van der Waals surface area contributed by atoms with Gasteiger partial charge in [-0.05, 0) is 44.4 Å². The Kier molecular flexibility index (Phi) is 6.04. The highest BCUT2D eigenvalue weighted by atomic mass is 16.5. The molecule has 3 rings (SSSR count). The lowest BCUT2D eigenvalue weighted by molar-refractivity contribution is -0.133. The molecule has 0 aliphatic carbocycles. The third kappa shape index (κ3) is 4.94. The van der Waals surface area contributed by atoms with Crippen LogP contribution in [0.2, 0.25) is 0 Å². The molecule has 0 spiro atoms. The van der Waals surface area contributed by atoms with Crippen LogP contribution in [0.25, 0.3) is 0 Å². The standard InChI is InChI=1S/C20H25N3O3/c1-3-25-17-8-6-16(7-9-17)13-20(24)23-12-4-5-18(14-23)26-19-10-11-21-15(2)22-19/h6-11,18H,3-5,12-14H2,1-2H3. The van der Waals surface area contributed by atoms with E-state index in [1.807, 2.05) is 43.0 Å². The van der Waals surface area contributed by atoms with Gasteiger partial charge in [-0.15, -0.1) is 0 Å². The minimum atomic E-state index is -0.0256. The van der Waals surface area contributed by atoms with Gasteiger partial charge < -0.3 is 14.4 Å². The quantitative estimate of drug-likeness (QED) is 0.797. The van der Waals surface area contributed by atoms with Crippen LogP contribution in [0, 0.1) is 6.92 Å². The predicted octanol–water partition coefficient (Wildman–Crippen LogP) is 2.80. The van der Waals surface area contributed by atoms with E-state index in [0.29, 0.717) is 31.3 Å². The number of amides is 1. The van der Waals surface area contributed by atoms with Crippen molar-refractivity contribution in [3.63, 3.8) is 0 Å². The van der Waals surface area contributed by atoms with Crippen LogP contribution in [0.4, 0.5) is 0 Å². The molecule has 1 aromatic carbocycles. The molecule has 2 heterocycles. The van der Waals surface area contributed by atoms with Crippen LogP contribution in [0.3, 0.4) is 0 Å². The number of aryl methyl sites for hydroxylation is 1. The fourth-order valence-electron chi connectivity index (χ4n) is 3.09. The molecule has 1 saturated heterocycles. The zero-order chi connectivity index (χ0) is 18.4. The van der Waals surface area contributed by atoms with Gasteiger partial charge in [0, 0.05) is 18.8 Å². The first-order chi connectivity index (χ1) is 12.6. The summed E-state index contributed by atoms with van der Waals surface area (Å²) in [6.45, 7) is 5.80. The molecule has 1 atom stereocenters. The lowest BCUT2D eigenvalue weighted by atomic mass is 10.1. The number of aromatic nitrogens is 2. The normalized spacial score (nSPS) is 17.0. The molecule has 6 heteroatoms. The van der Waals surface area contributed by atoms with Crippen molar-refractivity contribution in [1.82, 2.24) is 14.9 Å². The minimum absolute atomic E-state index is 0.0256. The number of likely N-dealkylation sites (tertiary alicyclic amines) is 1. The Balaban J connectivity index is 1.55. The topological polar surface area (TPSA) is 64.5 Å². The highest BCUT2D eigenvalue weighted by Gasteiger charge is 2.25. The molecule has 6 nitrogen and oxygen atoms in total. The summed E-state index contributed by atoms with van der Waals surface area (Å²) in [4.78, 5) is 22.9. The number of carbonyl (C=O) groups is 1. The minimum Gasteiger partial charge on any atom is -0.494 e. The Bertz CT molecular complexity index is 733. The van der Waals surface area contributed by atoms with Gasteiger partial charge in [0.2, 0.25) is 11.8 Å². The van der Waals surface area contributed by atoms with Crippen LogP contribution in [0.15, 0.2) is 36.5 Å². The molecule has 0 bridgehead atoms. The average molecular weight is 355 g/mol. The Morgan fingerprint density at radius 3 is 2.81 bits per heavy atom. The molecule has 26 heavy (non-hydrogen) atoms. The number of hydrogen-bond acceptors (Lipinski definition) is 5. The first kappa shape index (κ1) is 18.2. The number of hydrogen-bond donors (Lipinski definition) is 0. The average Bonchev–Trinajstić information content (AvgIpc) is 2.64. The second-order valence-corrected chi connectivity index (χ2v) is 6.42. The molecule has 0 N–H and O–H groups in total. The van der Waals surface area contributed by atoms with Crippen LogP contribution in [-0.4, -0.2) is 46.6 Å². The van der Waals surface area contributed by atoms with Crippen molar-refractivity contribution >= 4 is 5.91 Å². The molecule has 1 aromatic heterocycles. The summed E-state index contributed by atoms with van der Waals surface area (Å²) in [5, 5.41) is 0. The smallest absolute Gasteiger partial charge is 0.227 e. The Labute approximate surface area is 154 Å². The Morgan fingerprint density at radius 2 is 2.08 bits per heavy atom. The SMILES string of the molecule is CCOc1ccc(CC(=O)N2CCCC(Oc3ccnc(C)n3)C2)cc1. The maximum absolute atomic E-state index is 12.6. The van der Waals surface area contributed by atoms with E-state index >= 15 is 0 Å².